The third-order valence-electron chi connectivity index (χ3n) is 7.04. The lowest BCUT2D eigenvalue weighted by Crippen LogP contribution is -2.47. The van der Waals surface area contributed by atoms with Crippen LogP contribution >= 0.6 is 0 Å². The molecule has 6 nitrogen and oxygen atoms in total. The summed E-state index contributed by atoms with van der Waals surface area (Å²) in [6.07, 6.45) is 8.67. The largest absolute Gasteiger partial charge is 0.493 e. The van der Waals surface area contributed by atoms with Crippen LogP contribution < -0.4 is 10.1 Å². The molecule has 2 atom stereocenters. The number of imidazole rings is 1. The van der Waals surface area contributed by atoms with Crippen molar-refractivity contribution < 1.29 is 9.53 Å². The van der Waals surface area contributed by atoms with Gasteiger partial charge in [-0.1, -0.05) is 36.4 Å². The standard InChI is InChI=1S/C28H34N4O2/c33-28(30-12-11-26-15-29-20-31-26)25-13-22(17-32(18-25)16-21-5-2-1-3-6-21)19-34-27-10-9-23-7-4-8-24(23)14-27/h1-3,5-6,9-10,14-15,20,22,25H,4,7-8,11-13,16-19H2,(H,29,31)(H,30,33)/t22-,25+/m0/s1. The third kappa shape index (κ3) is 5.86. The zero-order valence-electron chi connectivity index (χ0n) is 19.7. The molecule has 1 aliphatic heterocycles. The Balaban J connectivity index is 1.20. The van der Waals surface area contributed by atoms with Gasteiger partial charge in [-0.3, -0.25) is 9.69 Å². The first-order valence-electron chi connectivity index (χ1n) is 12.5. The number of carbonyl (C=O) groups excluding carboxylic acids is 1. The van der Waals surface area contributed by atoms with Crippen LogP contribution in [-0.4, -0.2) is 47.0 Å². The van der Waals surface area contributed by atoms with Gasteiger partial charge in [0.15, 0.2) is 0 Å². The number of amides is 1. The van der Waals surface area contributed by atoms with E-state index in [9.17, 15) is 4.79 Å². The third-order valence-corrected chi connectivity index (χ3v) is 7.04. The molecule has 2 heterocycles. The molecule has 178 valence electrons. The van der Waals surface area contributed by atoms with E-state index in [2.05, 4.69) is 62.6 Å². The number of hydrogen-bond donors (Lipinski definition) is 2. The molecule has 5 rings (SSSR count). The summed E-state index contributed by atoms with van der Waals surface area (Å²) in [5, 5.41) is 3.14. The number of hydrogen-bond acceptors (Lipinski definition) is 4. The van der Waals surface area contributed by atoms with Crippen LogP contribution in [0.3, 0.4) is 0 Å². The van der Waals surface area contributed by atoms with Gasteiger partial charge in [0.05, 0.1) is 18.9 Å². The maximum Gasteiger partial charge on any atom is 0.224 e. The van der Waals surface area contributed by atoms with Crippen molar-refractivity contribution in [1.82, 2.24) is 20.2 Å². The number of nitrogens with zero attached hydrogens (tertiary/aromatic N) is 2. The Hall–Kier alpha value is -3.12. The lowest BCUT2D eigenvalue weighted by molar-refractivity contribution is -0.127. The molecule has 2 aromatic carbocycles. The normalized spacial score (nSPS) is 20.1. The molecule has 1 aromatic heterocycles. The molecule has 0 saturated carbocycles. The Bertz CT molecular complexity index is 1070. The second-order valence-corrected chi connectivity index (χ2v) is 9.69. The maximum atomic E-state index is 13.1. The van der Waals surface area contributed by atoms with Gasteiger partial charge in [0.2, 0.25) is 5.91 Å². The molecule has 2 aliphatic rings. The number of aryl methyl sites for hydroxylation is 2. The van der Waals surface area contributed by atoms with Crippen LogP contribution in [0.25, 0.3) is 0 Å². The molecule has 2 N–H and O–H groups in total. The van der Waals surface area contributed by atoms with E-state index in [1.54, 1.807) is 12.5 Å². The minimum absolute atomic E-state index is 0.0344. The molecular weight excluding hydrogens is 424 g/mol. The highest BCUT2D eigenvalue weighted by Crippen LogP contribution is 2.28. The van der Waals surface area contributed by atoms with Crippen molar-refractivity contribution in [3.8, 4) is 5.75 Å². The highest BCUT2D eigenvalue weighted by Gasteiger charge is 2.32. The van der Waals surface area contributed by atoms with Gasteiger partial charge >= 0.3 is 0 Å². The molecule has 1 fully saturated rings. The smallest absolute Gasteiger partial charge is 0.224 e. The average molecular weight is 459 g/mol. The molecule has 34 heavy (non-hydrogen) atoms. The SMILES string of the molecule is O=C(NCCc1cnc[nH]1)[C@@H]1C[C@H](COc2ccc3c(c2)CCC3)CN(Cc2ccccc2)C1. The first kappa shape index (κ1) is 22.7. The van der Waals surface area contributed by atoms with Crippen molar-refractivity contribution in [2.75, 3.05) is 26.2 Å². The predicted octanol–water partition coefficient (Wildman–Crippen LogP) is 3.77. The van der Waals surface area contributed by atoms with Gasteiger partial charge in [-0.15, -0.1) is 0 Å². The number of aromatic nitrogens is 2. The summed E-state index contributed by atoms with van der Waals surface area (Å²) in [4.78, 5) is 22.6. The van der Waals surface area contributed by atoms with E-state index in [1.807, 2.05) is 6.07 Å². The van der Waals surface area contributed by atoms with E-state index in [1.165, 1.54) is 29.5 Å². The minimum atomic E-state index is -0.0344. The number of likely N-dealkylation sites (tertiary alicyclic amines) is 1. The van der Waals surface area contributed by atoms with Gasteiger partial charge in [0.25, 0.3) is 0 Å². The Morgan fingerprint density at radius 2 is 2.00 bits per heavy atom. The number of ether oxygens (including phenoxy) is 1. The topological polar surface area (TPSA) is 70.2 Å². The van der Waals surface area contributed by atoms with Crippen LogP contribution in [0.15, 0.2) is 61.1 Å². The van der Waals surface area contributed by atoms with E-state index in [0.717, 1.165) is 50.3 Å². The lowest BCUT2D eigenvalue weighted by atomic mass is 9.88. The molecule has 0 bridgehead atoms. The summed E-state index contributed by atoms with van der Waals surface area (Å²) < 4.78 is 6.26. The number of aromatic amines is 1. The highest BCUT2D eigenvalue weighted by atomic mass is 16.5. The van der Waals surface area contributed by atoms with Gasteiger partial charge < -0.3 is 15.0 Å². The quantitative estimate of drug-likeness (QED) is 0.512. The van der Waals surface area contributed by atoms with Crippen LogP contribution in [0.4, 0.5) is 0 Å². The molecule has 0 unspecified atom stereocenters. The summed E-state index contributed by atoms with van der Waals surface area (Å²) >= 11 is 0. The maximum absolute atomic E-state index is 13.1. The van der Waals surface area contributed by atoms with Crippen molar-refractivity contribution in [3.05, 3.63) is 83.4 Å². The number of nitrogens with one attached hydrogen (secondary N) is 2. The molecule has 1 saturated heterocycles. The fourth-order valence-electron chi connectivity index (χ4n) is 5.32. The first-order chi connectivity index (χ1) is 16.7. The molecule has 0 spiro atoms. The Morgan fingerprint density at radius 1 is 1.12 bits per heavy atom. The number of fused-ring (bicyclic) bond motifs is 1. The van der Waals surface area contributed by atoms with E-state index < -0.39 is 0 Å². The van der Waals surface area contributed by atoms with E-state index in [4.69, 9.17) is 4.74 Å². The number of benzene rings is 2. The van der Waals surface area contributed by atoms with E-state index in [-0.39, 0.29) is 11.8 Å². The van der Waals surface area contributed by atoms with Gasteiger partial charge in [-0.05, 0) is 54.5 Å². The van der Waals surface area contributed by atoms with Crippen molar-refractivity contribution >= 4 is 5.91 Å². The molecule has 1 amide bonds. The second kappa shape index (κ2) is 10.9. The van der Waals surface area contributed by atoms with E-state index in [0.29, 0.717) is 19.1 Å². The molecular formula is C28H34N4O2. The molecule has 1 aliphatic carbocycles. The zero-order valence-corrected chi connectivity index (χ0v) is 19.7. The van der Waals surface area contributed by atoms with Gasteiger partial charge in [0, 0.05) is 50.4 Å². The fourth-order valence-corrected chi connectivity index (χ4v) is 5.32. The number of rotatable bonds is 9. The Labute approximate surface area is 201 Å². The molecule has 0 radical (unpaired) electrons. The second-order valence-electron chi connectivity index (χ2n) is 9.69. The highest BCUT2D eigenvalue weighted by molar-refractivity contribution is 5.79. The van der Waals surface area contributed by atoms with Crippen LogP contribution in [0.1, 0.15) is 35.2 Å². The predicted molar refractivity (Wildman–Crippen MR) is 133 cm³/mol. The Morgan fingerprint density at radius 3 is 2.85 bits per heavy atom. The van der Waals surface area contributed by atoms with Crippen molar-refractivity contribution in [2.24, 2.45) is 11.8 Å². The summed E-state index contributed by atoms with van der Waals surface area (Å²) in [5.74, 6) is 1.38. The summed E-state index contributed by atoms with van der Waals surface area (Å²) in [7, 11) is 0. The van der Waals surface area contributed by atoms with Gasteiger partial charge in [-0.2, -0.15) is 0 Å². The van der Waals surface area contributed by atoms with Gasteiger partial charge in [-0.25, -0.2) is 4.98 Å². The van der Waals surface area contributed by atoms with Crippen molar-refractivity contribution in [1.29, 1.82) is 0 Å². The zero-order chi connectivity index (χ0) is 23.2. The summed E-state index contributed by atoms with van der Waals surface area (Å²) in [6, 6.07) is 17.1. The van der Waals surface area contributed by atoms with Crippen LogP contribution in [0.2, 0.25) is 0 Å². The monoisotopic (exact) mass is 458 g/mol. The first-order valence-corrected chi connectivity index (χ1v) is 12.5. The summed E-state index contributed by atoms with van der Waals surface area (Å²) in [6.45, 7) is 3.83. The van der Waals surface area contributed by atoms with Crippen LogP contribution in [0.5, 0.6) is 5.75 Å². The number of H-pyrrole nitrogens is 1. The van der Waals surface area contributed by atoms with Crippen molar-refractivity contribution in [3.63, 3.8) is 0 Å². The fraction of sp³-hybridized carbons (Fsp3) is 0.429. The number of piperidine rings is 1. The lowest BCUT2D eigenvalue weighted by Gasteiger charge is -2.37. The van der Waals surface area contributed by atoms with Crippen LogP contribution in [0, 0.1) is 11.8 Å². The molecule has 3 aromatic rings. The summed E-state index contributed by atoms with van der Waals surface area (Å²) in [5.41, 5.74) is 5.21. The van der Waals surface area contributed by atoms with Crippen molar-refractivity contribution in [2.45, 2.75) is 38.6 Å². The average Bonchev–Trinajstić information content (AvgIpc) is 3.55. The number of carbonyl (C=O) groups is 1. The molecule has 6 heteroatoms. The van der Waals surface area contributed by atoms with E-state index >= 15 is 0 Å². The van der Waals surface area contributed by atoms with Gasteiger partial charge in [0.1, 0.15) is 5.75 Å². The van der Waals surface area contributed by atoms with Crippen LogP contribution in [-0.2, 0) is 30.6 Å². The Kier molecular flexibility index (Phi) is 7.25. The minimum Gasteiger partial charge on any atom is -0.493 e.